The monoisotopic (exact) mass is 267 g/mol. The highest BCUT2D eigenvalue weighted by molar-refractivity contribution is 4.95. The Morgan fingerprint density at radius 1 is 1.21 bits per heavy atom. The van der Waals surface area contributed by atoms with Crippen molar-refractivity contribution in [2.45, 2.75) is 51.0 Å². The van der Waals surface area contributed by atoms with Crippen LogP contribution in [0, 0.1) is 11.8 Å². The molecule has 1 saturated heterocycles. The molecule has 0 aromatic carbocycles. The molecule has 0 bridgehead atoms. The quantitative estimate of drug-likeness (QED) is 0.828. The summed E-state index contributed by atoms with van der Waals surface area (Å²) >= 11 is 0. The number of hydrogen-bond acceptors (Lipinski definition) is 3. The van der Waals surface area contributed by atoms with Gasteiger partial charge in [-0.3, -0.25) is 4.90 Å². The van der Waals surface area contributed by atoms with Crippen LogP contribution in [0.5, 0.6) is 0 Å². The molecule has 2 fully saturated rings. The van der Waals surface area contributed by atoms with E-state index in [2.05, 4.69) is 30.8 Å². The average Bonchev–Trinajstić information content (AvgIpc) is 2.84. The molecule has 2 rings (SSSR count). The lowest BCUT2D eigenvalue weighted by atomic mass is 9.74. The normalized spacial score (nSPS) is 37.1. The Hall–Kier alpha value is -0.120. The van der Waals surface area contributed by atoms with Gasteiger partial charge in [0.2, 0.25) is 0 Å². The zero-order valence-electron chi connectivity index (χ0n) is 13.2. The molecule has 1 unspecified atom stereocenters. The number of likely N-dealkylation sites (tertiary alicyclic amines) is 1. The standard InChI is InChI=1S/C16H33N3/c1-4-14-5-8-16(13-17,9-6-14)19(3)12-15-7-10-18(2)11-15/h14-15H,4-13,17H2,1-3H3. The van der Waals surface area contributed by atoms with Gasteiger partial charge in [-0.05, 0) is 64.6 Å². The topological polar surface area (TPSA) is 32.5 Å². The van der Waals surface area contributed by atoms with E-state index in [-0.39, 0.29) is 0 Å². The zero-order valence-corrected chi connectivity index (χ0v) is 13.2. The van der Waals surface area contributed by atoms with Crippen LogP contribution in [0.4, 0.5) is 0 Å². The van der Waals surface area contributed by atoms with Crippen molar-refractivity contribution in [2.24, 2.45) is 17.6 Å². The first-order valence-corrected chi connectivity index (χ1v) is 8.19. The first kappa shape index (κ1) is 15.3. The molecule has 112 valence electrons. The van der Waals surface area contributed by atoms with Crippen molar-refractivity contribution >= 4 is 0 Å². The van der Waals surface area contributed by atoms with Crippen molar-refractivity contribution in [3.05, 3.63) is 0 Å². The molecule has 3 heteroatoms. The van der Waals surface area contributed by atoms with Crippen molar-refractivity contribution in [3.8, 4) is 0 Å². The second-order valence-electron chi connectivity index (χ2n) is 7.08. The molecule has 2 aliphatic rings. The lowest BCUT2D eigenvalue weighted by molar-refractivity contribution is 0.0524. The van der Waals surface area contributed by atoms with Crippen molar-refractivity contribution in [2.75, 3.05) is 40.3 Å². The zero-order chi connectivity index (χ0) is 13.9. The highest BCUT2D eigenvalue weighted by Gasteiger charge is 2.38. The van der Waals surface area contributed by atoms with Gasteiger partial charge in [0.25, 0.3) is 0 Å². The molecule has 1 heterocycles. The third-order valence-corrected chi connectivity index (χ3v) is 5.82. The minimum atomic E-state index is 0.298. The minimum Gasteiger partial charge on any atom is -0.329 e. The summed E-state index contributed by atoms with van der Waals surface area (Å²) in [5, 5.41) is 0. The molecule has 1 atom stereocenters. The Balaban J connectivity index is 1.89. The van der Waals surface area contributed by atoms with E-state index in [9.17, 15) is 0 Å². The van der Waals surface area contributed by atoms with Crippen LogP contribution in [0.1, 0.15) is 45.4 Å². The van der Waals surface area contributed by atoms with Crippen LogP contribution in [-0.4, -0.2) is 55.6 Å². The van der Waals surface area contributed by atoms with Crippen molar-refractivity contribution in [1.29, 1.82) is 0 Å². The molecule has 1 aliphatic carbocycles. The maximum absolute atomic E-state index is 6.18. The molecule has 1 saturated carbocycles. The van der Waals surface area contributed by atoms with Gasteiger partial charge >= 0.3 is 0 Å². The molecular weight excluding hydrogens is 234 g/mol. The number of hydrogen-bond donors (Lipinski definition) is 1. The molecule has 0 spiro atoms. The highest BCUT2D eigenvalue weighted by atomic mass is 15.2. The fraction of sp³-hybridized carbons (Fsp3) is 1.00. The Morgan fingerprint density at radius 2 is 1.89 bits per heavy atom. The molecule has 1 aliphatic heterocycles. The van der Waals surface area contributed by atoms with Crippen LogP contribution in [0.2, 0.25) is 0 Å². The maximum atomic E-state index is 6.18. The Kier molecular flexibility index (Phi) is 5.27. The Labute approximate surface area is 119 Å². The lowest BCUT2D eigenvalue weighted by Gasteiger charge is -2.46. The smallest absolute Gasteiger partial charge is 0.0329 e. The minimum absolute atomic E-state index is 0.298. The van der Waals surface area contributed by atoms with E-state index in [1.54, 1.807) is 0 Å². The summed E-state index contributed by atoms with van der Waals surface area (Å²) in [4.78, 5) is 5.07. The van der Waals surface area contributed by atoms with Crippen LogP contribution in [-0.2, 0) is 0 Å². The predicted octanol–water partition coefficient (Wildman–Crippen LogP) is 2.17. The lowest BCUT2D eigenvalue weighted by Crippen LogP contribution is -2.55. The first-order chi connectivity index (χ1) is 9.09. The van der Waals surface area contributed by atoms with Crippen molar-refractivity contribution in [3.63, 3.8) is 0 Å². The molecule has 3 nitrogen and oxygen atoms in total. The van der Waals surface area contributed by atoms with E-state index in [0.29, 0.717) is 5.54 Å². The SMILES string of the molecule is CCC1CCC(CN)(N(C)CC2CCN(C)C2)CC1. The largest absolute Gasteiger partial charge is 0.329 e. The van der Waals surface area contributed by atoms with Crippen LogP contribution < -0.4 is 5.73 Å². The third kappa shape index (κ3) is 3.50. The molecule has 0 radical (unpaired) electrons. The van der Waals surface area contributed by atoms with Gasteiger partial charge in [0, 0.05) is 25.2 Å². The van der Waals surface area contributed by atoms with E-state index in [1.165, 1.54) is 58.2 Å². The van der Waals surface area contributed by atoms with Crippen molar-refractivity contribution < 1.29 is 0 Å². The van der Waals surface area contributed by atoms with E-state index >= 15 is 0 Å². The van der Waals surface area contributed by atoms with Gasteiger partial charge in [0.1, 0.15) is 0 Å². The molecule has 0 amide bonds. The molecule has 0 aromatic rings. The molecular formula is C16H33N3. The summed E-state index contributed by atoms with van der Waals surface area (Å²) in [5.74, 6) is 1.80. The van der Waals surface area contributed by atoms with Gasteiger partial charge < -0.3 is 10.6 Å². The highest BCUT2D eigenvalue weighted by Crippen LogP contribution is 2.37. The average molecular weight is 267 g/mol. The van der Waals surface area contributed by atoms with Gasteiger partial charge in [-0.25, -0.2) is 0 Å². The second kappa shape index (κ2) is 6.55. The summed E-state index contributed by atoms with van der Waals surface area (Å²) in [6.45, 7) is 6.94. The van der Waals surface area contributed by atoms with Gasteiger partial charge in [0.15, 0.2) is 0 Å². The van der Waals surface area contributed by atoms with Crippen LogP contribution in [0.25, 0.3) is 0 Å². The summed E-state index contributed by atoms with van der Waals surface area (Å²) in [6, 6.07) is 0. The van der Waals surface area contributed by atoms with Crippen LogP contribution in [0.15, 0.2) is 0 Å². The number of rotatable bonds is 5. The van der Waals surface area contributed by atoms with Crippen LogP contribution >= 0.6 is 0 Å². The van der Waals surface area contributed by atoms with Gasteiger partial charge in [-0.1, -0.05) is 13.3 Å². The van der Waals surface area contributed by atoms with Gasteiger partial charge in [-0.15, -0.1) is 0 Å². The second-order valence-corrected chi connectivity index (χ2v) is 7.08. The summed E-state index contributed by atoms with van der Waals surface area (Å²) in [7, 11) is 4.56. The van der Waals surface area contributed by atoms with E-state index in [1.807, 2.05) is 0 Å². The summed E-state index contributed by atoms with van der Waals surface area (Å²) in [6.07, 6.45) is 8.07. The van der Waals surface area contributed by atoms with E-state index in [4.69, 9.17) is 5.73 Å². The molecule has 19 heavy (non-hydrogen) atoms. The van der Waals surface area contributed by atoms with E-state index in [0.717, 1.165) is 18.4 Å². The van der Waals surface area contributed by atoms with Crippen LogP contribution in [0.3, 0.4) is 0 Å². The maximum Gasteiger partial charge on any atom is 0.0329 e. The molecule has 0 aromatic heterocycles. The Morgan fingerprint density at radius 3 is 2.37 bits per heavy atom. The number of nitrogens with zero attached hydrogens (tertiary/aromatic N) is 2. The third-order valence-electron chi connectivity index (χ3n) is 5.82. The predicted molar refractivity (Wildman–Crippen MR) is 82.3 cm³/mol. The van der Waals surface area contributed by atoms with E-state index < -0.39 is 0 Å². The number of likely N-dealkylation sites (N-methyl/N-ethyl adjacent to an activating group) is 1. The van der Waals surface area contributed by atoms with Crippen molar-refractivity contribution in [1.82, 2.24) is 9.80 Å². The fourth-order valence-electron chi connectivity index (χ4n) is 4.12. The van der Waals surface area contributed by atoms with Gasteiger partial charge in [0.05, 0.1) is 0 Å². The fourth-order valence-corrected chi connectivity index (χ4v) is 4.12. The first-order valence-electron chi connectivity index (χ1n) is 8.19. The summed E-state index contributed by atoms with van der Waals surface area (Å²) in [5.41, 5.74) is 6.47. The summed E-state index contributed by atoms with van der Waals surface area (Å²) < 4.78 is 0. The Bertz CT molecular complexity index is 271. The molecule has 2 N–H and O–H groups in total. The number of nitrogens with two attached hydrogens (primary N) is 1. The van der Waals surface area contributed by atoms with Gasteiger partial charge in [-0.2, -0.15) is 0 Å².